The third-order valence-electron chi connectivity index (χ3n) is 3.36. The number of rotatable bonds is 4. The molecule has 19 heavy (non-hydrogen) atoms. The SMILES string of the molecule is Cc1nc(NC2CC2)[nH]c(=O)c1Cc1ccccc1. The topological polar surface area (TPSA) is 57.8 Å². The Bertz CT molecular complexity index is 630. The van der Waals surface area contributed by atoms with E-state index in [1.807, 2.05) is 37.3 Å². The smallest absolute Gasteiger partial charge is 0.256 e. The lowest BCUT2D eigenvalue weighted by Crippen LogP contribution is -2.20. The zero-order valence-corrected chi connectivity index (χ0v) is 10.9. The van der Waals surface area contributed by atoms with Crippen molar-refractivity contribution in [2.24, 2.45) is 0 Å². The summed E-state index contributed by atoms with van der Waals surface area (Å²) in [7, 11) is 0. The fourth-order valence-electron chi connectivity index (χ4n) is 2.11. The molecule has 1 heterocycles. The minimum Gasteiger partial charge on any atom is -0.353 e. The average Bonchev–Trinajstić information content (AvgIpc) is 3.19. The van der Waals surface area contributed by atoms with E-state index in [1.54, 1.807) is 0 Å². The molecule has 2 N–H and O–H groups in total. The standard InChI is InChI=1S/C15H17N3O/c1-10-13(9-11-5-3-2-4-6-11)14(19)18-15(16-10)17-12-7-8-12/h2-6,12H,7-9H2,1H3,(H2,16,17,18,19). The second kappa shape index (κ2) is 4.88. The van der Waals surface area contributed by atoms with E-state index in [2.05, 4.69) is 15.3 Å². The van der Waals surface area contributed by atoms with E-state index in [4.69, 9.17) is 0 Å². The van der Waals surface area contributed by atoms with Crippen LogP contribution in [-0.4, -0.2) is 16.0 Å². The summed E-state index contributed by atoms with van der Waals surface area (Å²) >= 11 is 0. The van der Waals surface area contributed by atoms with E-state index >= 15 is 0 Å². The summed E-state index contributed by atoms with van der Waals surface area (Å²) in [5, 5.41) is 3.22. The molecule has 0 saturated heterocycles. The van der Waals surface area contributed by atoms with Gasteiger partial charge in [0.1, 0.15) is 0 Å². The Morgan fingerprint density at radius 3 is 2.68 bits per heavy atom. The molecule has 0 bridgehead atoms. The quantitative estimate of drug-likeness (QED) is 0.881. The predicted molar refractivity (Wildman–Crippen MR) is 75.5 cm³/mol. The van der Waals surface area contributed by atoms with Crippen molar-refractivity contribution in [1.29, 1.82) is 0 Å². The number of nitrogens with one attached hydrogen (secondary N) is 2. The van der Waals surface area contributed by atoms with Crippen LogP contribution in [0.4, 0.5) is 5.95 Å². The van der Waals surface area contributed by atoms with Crippen LogP contribution in [0.2, 0.25) is 0 Å². The number of aromatic amines is 1. The average molecular weight is 255 g/mol. The number of hydrogen-bond donors (Lipinski definition) is 2. The van der Waals surface area contributed by atoms with Crippen LogP contribution in [0, 0.1) is 6.92 Å². The summed E-state index contributed by atoms with van der Waals surface area (Å²) in [6.45, 7) is 1.89. The van der Waals surface area contributed by atoms with Crippen LogP contribution in [0.25, 0.3) is 0 Å². The van der Waals surface area contributed by atoms with Crippen LogP contribution >= 0.6 is 0 Å². The Balaban J connectivity index is 1.87. The minimum atomic E-state index is -0.0421. The largest absolute Gasteiger partial charge is 0.353 e. The van der Waals surface area contributed by atoms with Gasteiger partial charge in [-0.25, -0.2) is 4.98 Å². The van der Waals surface area contributed by atoms with Gasteiger partial charge in [0.05, 0.1) is 5.69 Å². The number of H-pyrrole nitrogens is 1. The van der Waals surface area contributed by atoms with E-state index in [0.717, 1.165) is 29.7 Å². The summed E-state index contributed by atoms with van der Waals surface area (Å²) in [6.07, 6.45) is 2.95. The van der Waals surface area contributed by atoms with Crippen molar-refractivity contribution in [3.05, 3.63) is 57.5 Å². The number of anilines is 1. The van der Waals surface area contributed by atoms with E-state index in [1.165, 1.54) is 0 Å². The number of aryl methyl sites for hydroxylation is 1. The fraction of sp³-hybridized carbons (Fsp3) is 0.333. The maximum absolute atomic E-state index is 12.1. The molecule has 1 aromatic heterocycles. The van der Waals surface area contributed by atoms with Gasteiger partial charge in [-0.15, -0.1) is 0 Å². The third-order valence-corrected chi connectivity index (χ3v) is 3.36. The molecule has 4 nitrogen and oxygen atoms in total. The molecule has 98 valence electrons. The molecule has 1 aliphatic rings. The highest BCUT2D eigenvalue weighted by atomic mass is 16.1. The number of nitrogens with zero attached hydrogens (tertiary/aromatic N) is 1. The second-order valence-corrected chi connectivity index (χ2v) is 5.06. The number of hydrogen-bond acceptors (Lipinski definition) is 3. The summed E-state index contributed by atoms with van der Waals surface area (Å²) in [5.74, 6) is 0.599. The van der Waals surface area contributed by atoms with Gasteiger partial charge >= 0.3 is 0 Å². The molecule has 0 unspecified atom stereocenters. The van der Waals surface area contributed by atoms with Gasteiger partial charge < -0.3 is 5.32 Å². The van der Waals surface area contributed by atoms with E-state index in [9.17, 15) is 4.79 Å². The van der Waals surface area contributed by atoms with Crippen LogP contribution in [0.5, 0.6) is 0 Å². The molecule has 0 radical (unpaired) electrons. The molecule has 1 aromatic carbocycles. The predicted octanol–water partition coefficient (Wildman–Crippen LogP) is 2.24. The molecule has 0 aliphatic heterocycles. The summed E-state index contributed by atoms with van der Waals surface area (Å²) in [5.41, 5.74) is 2.63. The van der Waals surface area contributed by atoms with Crippen LogP contribution in [0.15, 0.2) is 35.1 Å². The Hall–Kier alpha value is -2.10. The van der Waals surface area contributed by atoms with Gasteiger partial charge in [-0.1, -0.05) is 30.3 Å². The Morgan fingerprint density at radius 1 is 1.32 bits per heavy atom. The van der Waals surface area contributed by atoms with Gasteiger partial charge in [-0.2, -0.15) is 0 Å². The first kappa shape index (κ1) is 12.0. The Morgan fingerprint density at radius 2 is 2.05 bits per heavy atom. The van der Waals surface area contributed by atoms with E-state index in [-0.39, 0.29) is 5.56 Å². The van der Waals surface area contributed by atoms with Crippen molar-refractivity contribution in [3.8, 4) is 0 Å². The summed E-state index contributed by atoms with van der Waals surface area (Å²) in [6, 6.07) is 10.5. The first-order valence-corrected chi connectivity index (χ1v) is 6.62. The monoisotopic (exact) mass is 255 g/mol. The molecular formula is C15H17N3O. The molecule has 1 saturated carbocycles. The van der Waals surface area contributed by atoms with Crippen molar-refractivity contribution in [2.45, 2.75) is 32.2 Å². The van der Waals surface area contributed by atoms with Gasteiger partial charge in [0, 0.05) is 18.0 Å². The number of benzene rings is 1. The van der Waals surface area contributed by atoms with Gasteiger partial charge in [-0.3, -0.25) is 9.78 Å². The molecular weight excluding hydrogens is 238 g/mol. The maximum Gasteiger partial charge on any atom is 0.256 e. The molecule has 4 heteroatoms. The van der Waals surface area contributed by atoms with Crippen molar-refractivity contribution in [3.63, 3.8) is 0 Å². The molecule has 2 aromatic rings. The van der Waals surface area contributed by atoms with Crippen molar-refractivity contribution < 1.29 is 0 Å². The molecule has 0 amide bonds. The molecule has 1 fully saturated rings. The molecule has 1 aliphatic carbocycles. The third kappa shape index (κ3) is 2.84. The van der Waals surface area contributed by atoms with Gasteiger partial charge in [0.2, 0.25) is 5.95 Å². The van der Waals surface area contributed by atoms with Crippen LogP contribution in [0.1, 0.15) is 29.7 Å². The van der Waals surface area contributed by atoms with Crippen molar-refractivity contribution in [1.82, 2.24) is 9.97 Å². The zero-order chi connectivity index (χ0) is 13.2. The highest BCUT2D eigenvalue weighted by molar-refractivity contribution is 5.34. The molecule has 0 atom stereocenters. The maximum atomic E-state index is 12.1. The first-order chi connectivity index (χ1) is 9.22. The van der Waals surface area contributed by atoms with Gasteiger partial charge in [0.25, 0.3) is 5.56 Å². The van der Waals surface area contributed by atoms with E-state index < -0.39 is 0 Å². The Labute approximate surface area is 111 Å². The molecule has 0 spiro atoms. The van der Waals surface area contributed by atoms with Crippen LogP contribution in [0.3, 0.4) is 0 Å². The highest BCUT2D eigenvalue weighted by Gasteiger charge is 2.22. The molecule has 3 rings (SSSR count). The lowest BCUT2D eigenvalue weighted by molar-refractivity contribution is 0.956. The zero-order valence-electron chi connectivity index (χ0n) is 10.9. The summed E-state index contributed by atoms with van der Waals surface area (Å²) < 4.78 is 0. The van der Waals surface area contributed by atoms with Gasteiger partial charge in [0.15, 0.2) is 0 Å². The summed E-state index contributed by atoms with van der Waals surface area (Å²) in [4.78, 5) is 19.4. The van der Waals surface area contributed by atoms with Crippen molar-refractivity contribution in [2.75, 3.05) is 5.32 Å². The van der Waals surface area contributed by atoms with Crippen molar-refractivity contribution >= 4 is 5.95 Å². The minimum absolute atomic E-state index is 0.0421. The fourth-order valence-corrected chi connectivity index (χ4v) is 2.11. The van der Waals surface area contributed by atoms with Crippen LogP contribution < -0.4 is 10.9 Å². The highest BCUT2D eigenvalue weighted by Crippen LogP contribution is 2.22. The number of aromatic nitrogens is 2. The van der Waals surface area contributed by atoms with Crippen LogP contribution in [-0.2, 0) is 6.42 Å². The van der Waals surface area contributed by atoms with E-state index in [0.29, 0.717) is 18.4 Å². The lowest BCUT2D eigenvalue weighted by Gasteiger charge is -2.08. The normalized spacial score (nSPS) is 14.4. The second-order valence-electron chi connectivity index (χ2n) is 5.06. The first-order valence-electron chi connectivity index (χ1n) is 6.62. The van der Waals surface area contributed by atoms with Gasteiger partial charge in [-0.05, 0) is 25.3 Å². The lowest BCUT2D eigenvalue weighted by atomic mass is 10.1. The Kier molecular flexibility index (Phi) is 3.07.